The first-order valence-electron chi connectivity index (χ1n) is 10.6. The van der Waals surface area contributed by atoms with E-state index in [1.807, 2.05) is 12.1 Å². The van der Waals surface area contributed by atoms with Gasteiger partial charge in [0, 0.05) is 27.9 Å². The van der Waals surface area contributed by atoms with Crippen molar-refractivity contribution in [1.82, 2.24) is 0 Å². The third-order valence-corrected chi connectivity index (χ3v) is 6.73. The molecule has 0 saturated carbocycles. The van der Waals surface area contributed by atoms with E-state index >= 15 is 0 Å². The number of ketones is 1. The third kappa shape index (κ3) is 4.65. The molecule has 0 aromatic heterocycles. The maximum Gasteiger partial charge on any atom is 0.340 e. The Labute approximate surface area is 210 Å². The van der Waals surface area contributed by atoms with Gasteiger partial charge in [0.2, 0.25) is 5.88 Å². The van der Waals surface area contributed by atoms with Gasteiger partial charge in [-0.1, -0.05) is 39.7 Å². The second kappa shape index (κ2) is 10.1. The Kier molecular flexibility index (Phi) is 7.19. The zero-order valence-electron chi connectivity index (χ0n) is 18.7. The Morgan fingerprint density at radius 2 is 1.91 bits per heavy atom. The van der Waals surface area contributed by atoms with Crippen LogP contribution >= 0.6 is 27.5 Å². The SMILES string of the molecule is COC(=O)C1=C(N)OC2=C(C(=O)CCC2)[C@H]1c1cc(OC)c(OCc2ccc(Cl)cc2)cc1Br. The fourth-order valence-corrected chi connectivity index (χ4v) is 4.84. The van der Waals surface area contributed by atoms with Gasteiger partial charge in [-0.25, -0.2) is 4.79 Å². The molecule has 1 heterocycles. The first-order valence-corrected chi connectivity index (χ1v) is 11.8. The fraction of sp³-hybridized carbons (Fsp3) is 0.280. The molecule has 0 radical (unpaired) electrons. The van der Waals surface area contributed by atoms with Crippen LogP contribution in [0.5, 0.6) is 11.5 Å². The summed E-state index contributed by atoms with van der Waals surface area (Å²) < 4.78 is 22.9. The molecule has 2 N–H and O–H groups in total. The smallest absolute Gasteiger partial charge is 0.340 e. The van der Waals surface area contributed by atoms with Gasteiger partial charge >= 0.3 is 5.97 Å². The zero-order chi connectivity index (χ0) is 24.4. The van der Waals surface area contributed by atoms with E-state index in [0.29, 0.717) is 63.8 Å². The molecule has 0 fully saturated rings. The number of nitrogens with two attached hydrogens (primary N) is 1. The van der Waals surface area contributed by atoms with Crippen molar-refractivity contribution < 1.29 is 28.5 Å². The molecule has 0 unspecified atom stereocenters. The van der Waals surface area contributed by atoms with E-state index in [-0.39, 0.29) is 17.2 Å². The van der Waals surface area contributed by atoms with Gasteiger partial charge in [-0.05, 0) is 41.8 Å². The maximum atomic E-state index is 13.0. The van der Waals surface area contributed by atoms with Gasteiger partial charge in [-0.2, -0.15) is 0 Å². The van der Waals surface area contributed by atoms with E-state index in [9.17, 15) is 9.59 Å². The number of rotatable bonds is 6. The highest BCUT2D eigenvalue weighted by Crippen LogP contribution is 2.48. The molecule has 0 spiro atoms. The number of hydrogen-bond acceptors (Lipinski definition) is 7. The molecule has 1 atom stereocenters. The van der Waals surface area contributed by atoms with Crippen molar-refractivity contribution in [3.05, 3.63) is 79.8 Å². The Hall–Kier alpha value is -2.97. The minimum atomic E-state index is -0.766. The molecular weight excluding hydrogens is 526 g/mol. The summed E-state index contributed by atoms with van der Waals surface area (Å²) in [5.41, 5.74) is 8.18. The number of methoxy groups -OCH3 is 2. The fourth-order valence-electron chi connectivity index (χ4n) is 4.16. The predicted molar refractivity (Wildman–Crippen MR) is 129 cm³/mol. The van der Waals surface area contributed by atoms with Crippen LogP contribution in [0.4, 0.5) is 0 Å². The average molecular weight is 549 g/mol. The second-order valence-corrected chi connectivity index (χ2v) is 9.15. The average Bonchev–Trinajstić information content (AvgIpc) is 2.82. The molecular formula is C25H23BrClNO6. The first kappa shape index (κ1) is 24.2. The van der Waals surface area contributed by atoms with Crippen molar-refractivity contribution in [2.75, 3.05) is 14.2 Å². The lowest BCUT2D eigenvalue weighted by atomic mass is 9.77. The summed E-state index contributed by atoms with van der Waals surface area (Å²) in [5.74, 6) is -0.180. The highest BCUT2D eigenvalue weighted by atomic mass is 79.9. The number of esters is 1. The number of halogens is 2. The molecule has 0 amide bonds. The van der Waals surface area contributed by atoms with Crippen molar-refractivity contribution in [3.8, 4) is 11.5 Å². The lowest BCUT2D eigenvalue weighted by molar-refractivity contribution is -0.136. The van der Waals surface area contributed by atoms with Crippen molar-refractivity contribution in [3.63, 3.8) is 0 Å². The summed E-state index contributed by atoms with van der Waals surface area (Å²) in [6, 6.07) is 10.8. The molecule has 9 heteroatoms. The van der Waals surface area contributed by atoms with E-state index in [1.54, 1.807) is 24.3 Å². The molecule has 34 heavy (non-hydrogen) atoms. The highest BCUT2D eigenvalue weighted by Gasteiger charge is 2.42. The molecule has 0 bridgehead atoms. The summed E-state index contributed by atoms with van der Waals surface area (Å²) in [5, 5.41) is 0.643. The first-order chi connectivity index (χ1) is 16.3. The Bertz CT molecular complexity index is 1200. The van der Waals surface area contributed by atoms with Crippen molar-refractivity contribution in [1.29, 1.82) is 0 Å². The van der Waals surface area contributed by atoms with Crippen LogP contribution in [0.2, 0.25) is 5.02 Å². The van der Waals surface area contributed by atoms with Gasteiger partial charge in [0.25, 0.3) is 0 Å². The Balaban J connectivity index is 1.76. The van der Waals surface area contributed by atoms with Crippen LogP contribution in [0.15, 0.2) is 63.7 Å². The quantitative estimate of drug-likeness (QED) is 0.498. The Morgan fingerprint density at radius 1 is 1.18 bits per heavy atom. The van der Waals surface area contributed by atoms with Crippen LogP contribution in [-0.2, 0) is 25.7 Å². The maximum absolute atomic E-state index is 13.0. The number of hydrogen-bond donors (Lipinski definition) is 1. The molecule has 4 rings (SSSR count). The minimum Gasteiger partial charge on any atom is -0.493 e. The second-order valence-electron chi connectivity index (χ2n) is 7.86. The zero-order valence-corrected chi connectivity index (χ0v) is 21.0. The van der Waals surface area contributed by atoms with Crippen molar-refractivity contribution in [2.45, 2.75) is 31.8 Å². The van der Waals surface area contributed by atoms with Gasteiger partial charge in [-0.3, -0.25) is 4.79 Å². The molecule has 7 nitrogen and oxygen atoms in total. The molecule has 0 saturated heterocycles. The number of carbonyl (C=O) groups is 2. The third-order valence-electron chi connectivity index (χ3n) is 5.79. The summed E-state index contributed by atoms with van der Waals surface area (Å²) in [6.07, 6.45) is 1.58. The summed E-state index contributed by atoms with van der Waals surface area (Å²) in [4.78, 5) is 25.7. The molecule has 1 aliphatic carbocycles. The van der Waals surface area contributed by atoms with E-state index < -0.39 is 11.9 Å². The van der Waals surface area contributed by atoms with Crippen molar-refractivity contribution >= 4 is 39.3 Å². The van der Waals surface area contributed by atoms with Gasteiger partial charge in [-0.15, -0.1) is 0 Å². The molecule has 2 aromatic rings. The topological polar surface area (TPSA) is 97.1 Å². The molecule has 2 aliphatic rings. The number of carbonyl (C=O) groups excluding carboxylic acids is 2. The van der Waals surface area contributed by atoms with Crippen molar-refractivity contribution in [2.24, 2.45) is 5.73 Å². The van der Waals surface area contributed by atoms with Crippen LogP contribution in [0.3, 0.4) is 0 Å². The number of benzene rings is 2. The molecule has 1 aliphatic heterocycles. The van der Waals surface area contributed by atoms with Crippen LogP contribution in [0, 0.1) is 0 Å². The van der Waals surface area contributed by atoms with E-state index in [0.717, 1.165) is 5.56 Å². The van der Waals surface area contributed by atoms with Gasteiger partial charge in [0.05, 0.1) is 20.1 Å². The number of allylic oxidation sites excluding steroid dienone is 2. The number of ether oxygens (including phenoxy) is 4. The van der Waals surface area contributed by atoms with Gasteiger partial charge in [0.15, 0.2) is 17.3 Å². The summed E-state index contributed by atoms with van der Waals surface area (Å²) in [7, 11) is 2.78. The van der Waals surface area contributed by atoms with E-state index in [1.165, 1.54) is 14.2 Å². The van der Waals surface area contributed by atoms with Crippen LogP contribution in [-0.4, -0.2) is 26.0 Å². The lowest BCUT2D eigenvalue weighted by Gasteiger charge is -2.33. The minimum absolute atomic E-state index is 0.0702. The largest absolute Gasteiger partial charge is 0.493 e. The van der Waals surface area contributed by atoms with E-state index in [4.69, 9.17) is 36.3 Å². The van der Waals surface area contributed by atoms with Gasteiger partial charge < -0.3 is 24.7 Å². The molecule has 2 aromatic carbocycles. The highest BCUT2D eigenvalue weighted by molar-refractivity contribution is 9.10. The summed E-state index contributed by atoms with van der Waals surface area (Å²) >= 11 is 9.55. The predicted octanol–water partition coefficient (Wildman–Crippen LogP) is 5.15. The van der Waals surface area contributed by atoms with Crippen LogP contribution in [0.1, 0.15) is 36.3 Å². The van der Waals surface area contributed by atoms with Crippen LogP contribution < -0.4 is 15.2 Å². The summed E-state index contributed by atoms with van der Waals surface area (Å²) in [6.45, 7) is 0.296. The standard InChI is InChI=1S/C25H23BrClNO6/c1-31-19-10-15(16(26)11-20(19)33-12-13-6-8-14(27)9-7-13)21-22-17(29)4-3-5-18(22)34-24(28)23(21)25(30)32-2/h6-11,21H,3-5,12,28H2,1-2H3/t21-/m1/s1. The van der Waals surface area contributed by atoms with E-state index in [2.05, 4.69) is 15.9 Å². The monoisotopic (exact) mass is 547 g/mol. The Morgan fingerprint density at radius 3 is 2.59 bits per heavy atom. The molecule has 178 valence electrons. The lowest BCUT2D eigenvalue weighted by Crippen LogP contribution is -2.31. The normalized spacial score (nSPS) is 17.8. The van der Waals surface area contributed by atoms with Crippen LogP contribution in [0.25, 0.3) is 0 Å². The number of Topliss-reactive ketones (excluding diaryl/α,β-unsaturated/α-hetero) is 1. The van der Waals surface area contributed by atoms with Gasteiger partial charge in [0.1, 0.15) is 17.9 Å².